The third-order valence-corrected chi connectivity index (χ3v) is 3.71. The second-order valence-corrected chi connectivity index (χ2v) is 5.30. The fourth-order valence-electron chi connectivity index (χ4n) is 1.49. The van der Waals surface area contributed by atoms with Crippen molar-refractivity contribution in [2.24, 2.45) is 0 Å². The number of hydrogen-bond acceptors (Lipinski definition) is 4. The van der Waals surface area contributed by atoms with Crippen LogP contribution in [0.5, 0.6) is 0 Å². The summed E-state index contributed by atoms with van der Waals surface area (Å²) in [5, 5.41) is 2.24. The lowest BCUT2D eigenvalue weighted by Gasteiger charge is -2.16. The molecular weight excluding hydrogens is 270 g/mol. The third kappa shape index (κ3) is 2.86. The van der Waals surface area contributed by atoms with Crippen LogP contribution in [0.15, 0.2) is 23.8 Å². The molecule has 0 fully saturated rings. The second-order valence-electron chi connectivity index (χ2n) is 3.92. The van der Waals surface area contributed by atoms with E-state index in [2.05, 4.69) is 9.97 Å². The van der Waals surface area contributed by atoms with Crippen molar-refractivity contribution >= 4 is 28.8 Å². The van der Waals surface area contributed by atoms with Crippen molar-refractivity contribution in [3.05, 3.63) is 45.1 Å². The molecule has 94 valence electrons. The molecule has 2 rings (SSSR count). The van der Waals surface area contributed by atoms with Crippen LogP contribution >= 0.6 is 22.9 Å². The minimum Gasteiger partial charge on any atom is -0.335 e. The summed E-state index contributed by atoms with van der Waals surface area (Å²) in [6.45, 7) is 2.60. The number of halogens is 1. The van der Waals surface area contributed by atoms with Gasteiger partial charge in [0.15, 0.2) is 0 Å². The van der Waals surface area contributed by atoms with Crippen molar-refractivity contribution in [1.29, 1.82) is 0 Å². The monoisotopic (exact) mass is 281 g/mol. The van der Waals surface area contributed by atoms with Crippen LogP contribution in [0.25, 0.3) is 0 Å². The molecule has 0 saturated carbocycles. The van der Waals surface area contributed by atoms with Crippen LogP contribution in [-0.4, -0.2) is 27.8 Å². The van der Waals surface area contributed by atoms with Gasteiger partial charge in [-0.15, -0.1) is 11.3 Å². The van der Waals surface area contributed by atoms with Crippen LogP contribution in [0.2, 0.25) is 5.15 Å². The van der Waals surface area contributed by atoms with Crippen molar-refractivity contribution in [1.82, 2.24) is 14.9 Å². The number of carbonyl (C=O) groups is 1. The van der Waals surface area contributed by atoms with Gasteiger partial charge in [0.05, 0.1) is 18.9 Å². The minimum absolute atomic E-state index is 0.183. The number of amides is 1. The van der Waals surface area contributed by atoms with Crippen LogP contribution in [0, 0.1) is 6.92 Å². The fraction of sp³-hybridized carbons (Fsp3) is 0.250. The predicted molar refractivity (Wildman–Crippen MR) is 71.9 cm³/mol. The molecule has 2 heterocycles. The Balaban J connectivity index is 2.12. The molecule has 0 atom stereocenters. The van der Waals surface area contributed by atoms with Crippen molar-refractivity contribution in [3.63, 3.8) is 0 Å². The highest BCUT2D eigenvalue weighted by Crippen LogP contribution is 2.18. The van der Waals surface area contributed by atoms with E-state index in [4.69, 9.17) is 11.6 Å². The Labute approximate surface area is 114 Å². The van der Waals surface area contributed by atoms with E-state index in [1.54, 1.807) is 23.3 Å². The van der Waals surface area contributed by atoms with Gasteiger partial charge in [-0.25, -0.2) is 4.98 Å². The maximum absolute atomic E-state index is 12.1. The lowest BCUT2D eigenvalue weighted by molar-refractivity contribution is 0.0780. The van der Waals surface area contributed by atoms with Crippen molar-refractivity contribution in [3.8, 4) is 0 Å². The van der Waals surface area contributed by atoms with Gasteiger partial charge in [0.25, 0.3) is 5.91 Å². The number of thiophene rings is 1. The first kappa shape index (κ1) is 13.0. The van der Waals surface area contributed by atoms with E-state index in [-0.39, 0.29) is 16.8 Å². The maximum Gasteiger partial charge on any atom is 0.274 e. The predicted octanol–water partition coefficient (Wildman–Crippen LogP) is 2.77. The van der Waals surface area contributed by atoms with Gasteiger partial charge in [0.1, 0.15) is 10.8 Å². The van der Waals surface area contributed by atoms with E-state index in [1.165, 1.54) is 22.8 Å². The van der Waals surface area contributed by atoms with Gasteiger partial charge in [-0.1, -0.05) is 11.6 Å². The van der Waals surface area contributed by atoms with Crippen molar-refractivity contribution in [2.75, 3.05) is 7.05 Å². The molecule has 2 aromatic rings. The summed E-state index contributed by atoms with van der Waals surface area (Å²) in [4.78, 5) is 22.7. The average Bonchev–Trinajstić information content (AvgIpc) is 2.74. The molecule has 0 aliphatic rings. The zero-order valence-corrected chi connectivity index (χ0v) is 11.6. The summed E-state index contributed by atoms with van der Waals surface area (Å²) < 4.78 is 0. The van der Waals surface area contributed by atoms with E-state index in [0.29, 0.717) is 6.54 Å². The Morgan fingerprint density at radius 2 is 2.28 bits per heavy atom. The summed E-state index contributed by atoms with van der Waals surface area (Å²) in [7, 11) is 1.74. The van der Waals surface area contributed by atoms with Gasteiger partial charge < -0.3 is 4.90 Å². The molecule has 4 nitrogen and oxygen atoms in total. The summed E-state index contributed by atoms with van der Waals surface area (Å²) >= 11 is 7.36. The van der Waals surface area contributed by atoms with Crippen LogP contribution in [0.3, 0.4) is 0 Å². The van der Waals surface area contributed by atoms with Gasteiger partial charge in [-0.2, -0.15) is 0 Å². The van der Waals surface area contributed by atoms with Crippen LogP contribution in [0.1, 0.15) is 20.9 Å². The van der Waals surface area contributed by atoms with Gasteiger partial charge in [0.2, 0.25) is 0 Å². The molecule has 2 aromatic heterocycles. The lowest BCUT2D eigenvalue weighted by Crippen LogP contribution is -2.27. The Bertz CT molecular complexity index is 570. The largest absolute Gasteiger partial charge is 0.335 e. The summed E-state index contributed by atoms with van der Waals surface area (Å²) in [5.41, 5.74) is 1.45. The average molecular weight is 282 g/mol. The molecule has 0 aliphatic carbocycles. The van der Waals surface area contributed by atoms with Gasteiger partial charge >= 0.3 is 0 Å². The number of aryl methyl sites for hydroxylation is 1. The van der Waals surface area contributed by atoms with E-state index in [1.807, 2.05) is 18.4 Å². The highest BCUT2D eigenvalue weighted by molar-refractivity contribution is 7.10. The molecular formula is C12H12ClN3OS. The molecule has 0 aliphatic heterocycles. The topological polar surface area (TPSA) is 46.1 Å². The first-order valence-corrected chi connectivity index (χ1v) is 6.59. The molecule has 1 amide bonds. The molecule has 0 spiro atoms. The normalized spacial score (nSPS) is 10.4. The molecule has 0 radical (unpaired) electrons. The minimum atomic E-state index is -0.183. The molecule has 6 heteroatoms. The first-order valence-electron chi connectivity index (χ1n) is 5.34. The standard InChI is InChI=1S/C12H12ClN3OS/c1-8-3-4-18-10(8)7-16(2)12(17)9-5-14-6-11(13)15-9/h3-6H,7H2,1-2H3. The highest BCUT2D eigenvalue weighted by Gasteiger charge is 2.15. The Morgan fingerprint density at radius 1 is 1.50 bits per heavy atom. The smallest absolute Gasteiger partial charge is 0.274 e. The summed E-state index contributed by atoms with van der Waals surface area (Å²) in [5.74, 6) is -0.183. The summed E-state index contributed by atoms with van der Waals surface area (Å²) in [6.07, 6.45) is 2.83. The van der Waals surface area contributed by atoms with Gasteiger partial charge in [-0.05, 0) is 23.9 Å². The number of rotatable bonds is 3. The van der Waals surface area contributed by atoms with Gasteiger partial charge in [-0.3, -0.25) is 9.78 Å². The number of hydrogen-bond donors (Lipinski definition) is 0. The van der Waals surface area contributed by atoms with Crippen LogP contribution in [-0.2, 0) is 6.54 Å². The number of aromatic nitrogens is 2. The van der Waals surface area contributed by atoms with E-state index >= 15 is 0 Å². The van der Waals surface area contributed by atoms with E-state index in [9.17, 15) is 4.79 Å². The zero-order chi connectivity index (χ0) is 13.1. The lowest BCUT2D eigenvalue weighted by atomic mass is 10.3. The highest BCUT2D eigenvalue weighted by atomic mass is 35.5. The second kappa shape index (κ2) is 5.46. The Morgan fingerprint density at radius 3 is 2.89 bits per heavy atom. The zero-order valence-electron chi connectivity index (χ0n) is 10.1. The summed E-state index contributed by atoms with van der Waals surface area (Å²) in [6, 6.07) is 2.04. The molecule has 0 unspecified atom stereocenters. The van der Waals surface area contributed by atoms with Crippen molar-refractivity contribution < 1.29 is 4.79 Å². The molecule has 0 N–H and O–H groups in total. The number of nitrogens with zero attached hydrogens (tertiary/aromatic N) is 3. The van der Waals surface area contributed by atoms with Gasteiger partial charge in [0, 0.05) is 11.9 Å². The quantitative estimate of drug-likeness (QED) is 0.869. The fourth-order valence-corrected chi connectivity index (χ4v) is 2.60. The van der Waals surface area contributed by atoms with Crippen LogP contribution < -0.4 is 0 Å². The number of carbonyl (C=O) groups excluding carboxylic acids is 1. The molecule has 0 saturated heterocycles. The maximum atomic E-state index is 12.1. The van der Waals surface area contributed by atoms with E-state index < -0.39 is 0 Å². The third-order valence-electron chi connectivity index (χ3n) is 2.52. The molecule has 0 aromatic carbocycles. The Hall–Kier alpha value is -1.46. The van der Waals surface area contributed by atoms with Crippen molar-refractivity contribution in [2.45, 2.75) is 13.5 Å². The van der Waals surface area contributed by atoms with E-state index in [0.717, 1.165) is 0 Å². The Kier molecular flexibility index (Phi) is 3.93. The van der Waals surface area contributed by atoms with Crippen LogP contribution in [0.4, 0.5) is 0 Å². The first-order chi connectivity index (χ1) is 8.58. The molecule has 0 bridgehead atoms. The SMILES string of the molecule is Cc1ccsc1CN(C)C(=O)c1cncc(Cl)n1. The molecule has 18 heavy (non-hydrogen) atoms.